The Balaban J connectivity index is 2.02. The highest BCUT2D eigenvalue weighted by molar-refractivity contribution is 5.93. The van der Waals surface area contributed by atoms with Crippen molar-refractivity contribution < 1.29 is 0 Å². The molecule has 3 heteroatoms. The molecule has 4 aromatic rings. The van der Waals surface area contributed by atoms with E-state index in [1.54, 1.807) is 12.4 Å². The van der Waals surface area contributed by atoms with Crippen LogP contribution in [0.2, 0.25) is 0 Å². The number of hydrogen-bond donors (Lipinski definition) is 0. The topological polar surface area (TPSA) is 38.7 Å². The number of hydrogen-bond acceptors (Lipinski definition) is 3. The quantitative estimate of drug-likeness (QED) is 0.548. The highest BCUT2D eigenvalue weighted by atomic mass is 14.9. The maximum atomic E-state index is 4.79. The molecule has 0 saturated carbocycles. The van der Waals surface area contributed by atoms with Crippen LogP contribution in [-0.4, -0.2) is 15.0 Å². The van der Waals surface area contributed by atoms with E-state index in [4.69, 9.17) is 4.98 Å². The lowest BCUT2D eigenvalue weighted by atomic mass is 10.1. The van der Waals surface area contributed by atoms with Crippen molar-refractivity contribution in [1.82, 2.24) is 15.0 Å². The zero-order chi connectivity index (χ0) is 14.8. The van der Waals surface area contributed by atoms with Gasteiger partial charge in [0.05, 0.1) is 11.2 Å². The van der Waals surface area contributed by atoms with E-state index in [0.717, 1.165) is 27.7 Å². The van der Waals surface area contributed by atoms with Gasteiger partial charge in [-0.1, -0.05) is 48.5 Å². The van der Waals surface area contributed by atoms with Crippen molar-refractivity contribution in [3.8, 4) is 22.6 Å². The van der Waals surface area contributed by atoms with Gasteiger partial charge in [-0.25, -0.2) is 9.97 Å². The minimum absolute atomic E-state index is 0.700. The standard InChI is InChI=1S/C19H13N3/c1-2-7-14(8-3-1)18-16-10-4-5-11-17(16)21-19(22-18)15-9-6-12-20-13-15/h1-13H. The Hall–Kier alpha value is -3.07. The molecule has 0 bridgehead atoms. The maximum Gasteiger partial charge on any atom is 0.161 e. The number of rotatable bonds is 2. The summed E-state index contributed by atoms with van der Waals surface area (Å²) in [4.78, 5) is 13.6. The van der Waals surface area contributed by atoms with Gasteiger partial charge in [0, 0.05) is 28.9 Å². The largest absolute Gasteiger partial charge is 0.264 e. The molecule has 0 saturated heterocycles. The Labute approximate surface area is 128 Å². The lowest BCUT2D eigenvalue weighted by Gasteiger charge is -2.08. The maximum absolute atomic E-state index is 4.79. The molecule has 0 radical (unpaired) electrons. The molecule has 0 aliphatic carbocycles. The third-order valence-corrected chi connectivity index (χ3v) is 3.57. The van der Waals surface area contributed by atoms with Gasteiger partial charge in [-0.3, -0.25) is 4.98 Å². The van der Waals surface area contributed by atoms with Gasteiger partial charge < -0.3 is 0 Å². The minimum Gasteiger partial charge on any atom is -0.264 e. The number of benzene rings is 2. The molecule has 0 atom stereocenters. The van der Waals surface area contributed by atoms with Crippen LogP contribution in [0.25, 0.3) is 33.5 Å². The zero-order valence-corrected chi connectivity index (χ0v) is 11.8. The lowest BCUT2D eigenvalue weighted by Crippen LogP contribution is -1.95. The number of pyridine rings is 1. The van der Waals surface area contributed by atoms with E-state index in [0.29, 0.717) is 5.82 Å². The molecule has 2 aromatic carbocycles. The second kappa shape index (κ2) is 5.37. The van der Waals surface area contributed by atoms with Gasteiger partial charge in [-0.2, -0.15) is 0 Å². The van der Waals surface area contributed by atoms with E-state index in [2.05, 4.69) is 28.2 Å². The third-order valence-electron chi connectivity index (χ3n) is 3.57. The molecule has 0 amide bonds. The normalized spacial score (nSPS) is 10.7. The molecule has 2 heterocycles. The molecule has 3 nitrogen and oxygen atoms in total. The van der Waals surface area contributed by atoms with Crippen LogP contribution in [0, 0.1) is 0 Å². The summed E-state index contributed by atoms with van der Waals surface area (Å²) in [6, 6.07) is 22.2. The summed E-state index contributed by atoms with van der Waals surface area (Å²) < 4.78 is 0. The first-order chi connectivity index (χ1) is 10.9. The predicted octanol–water partition coefficient (Wildman–Crippen LogP) is 4.36. The van der Waals surface area contributed by atoms with E-state index in [9.17, 15) is 0 Å². The summed E-state index contributed by atoms with van der Waals surface area (Å²) in [6.45, 7) is 0. The Morgan fingerprint density at radius 3 is 2.23 bits per heavy atom. The van der Waals surface area contributed by atoms with Crippen molar-refractivity contribution in [2.24, 2.45) is 0 Å². The zero-order valence-electron chi connectivity index (χ0n) is 11.8. The van der Waals surface area contributed by atoms with E-state index in [-0.39, 0.29) is 0 Å². The predicted molar refractivity (Wildman–Crippen MR) is 88.2 cm³/mol. The molecule has 0 aliphatic rings. The monoisotopic (exact) mass is 283 g/mol. The second-order valence-electron chi connectivity index (χ2n) is 5.02. The van der Waals surface area contributed by atoms with Crippen molar-refractivity contribution in [2.45, 2.75) is 0 Å². The van der Waals surface area contributed by atoms with Gasteiger partial charge in [0.1, 0.15) is 0 Å². The highest BCUT2D eigenvalue weighted by Crippen LogP contribution is 2.28. The van der Waals surface area contributed by atoms with Crippen molar-refractivity contribution >= 4 is 10.9 Å². The fourth-order valence-corrected chi connectivity index (χ4v) is 2.52. The van der Waals surface area contributed by atoms with Crippen molar-refractivity contribution in [3.63, 3.8) is 0 Å². The number of nitrogens with zero attached hydrogens (tertiary/aromatic N) is 3. The van der Waals surface area contributed by atoms with Crippen LogP contribution in [-0.2, 0) is 0 Å². The first kappa shape index (κ1) is 12.7. The molecular formula is C19H13N3. The fourth-order valence-electron chi connectivity index (χ4n) is 2.52. The summed E-state index contributed by atoms with van der Waals surface area (Å²) in [5, 5.41) is 1.06. The van der Waals surface area contributed by atoms with E-state index < -0.39 is 0 Å². The molecular weight excluding hydrogens is 270 g/mol. The van der Waals surface area contributed by atoms with Crippen molar-refractivity contribution in [3.05, 3.63) is 79.1 Å². The summed E-state index contributed by atoms with van der Waals surface area (Å²) in [5.41, 5.74) is 3.90. The Kier molecular flexibility index (Phi) is 3.09. The molecule has 0 fully saturated rings. The summed E-state index contributed by atoms with van der Waals surface area (Å²) >= 11 is 0. The average Bonchev–Trinajstić information content (AvgIpc) is 2.62. The van der Waals surface area contributed by atoms with E-state index in [1.165, 1.54) is 0 Å². The smallest absolute Gasteiger partial charge is 0.161 e. The van der Waals surface area contributed by atoms with Crippen LogP contribution in [0.4, 0.5) is 0 Å². The van der Waals surface area contributed by atoms with Crippen LogP contribution >= 0.6 is 0 Å². The molecule has 104 valence electrons. The molecule has 0 aliphatic heterocycles. The first-order valence-electron chi connectivity index (χ1n) is 7.14. The Bertz CT molecular complexity index is 919. The number of para-hydroxylation sites is 1. The van der Waals surface area contributed by atoms with Gasteiger partial charge in [0.25, 0.3) is 0 Å². The third kappa shape index (κ3) is 2.23. The van der Waals surface area contributed by atoms with Crippen molar-refractivity contribution in [1.29, 1.82) is 0 Å². The first-order valence-corrected chi connectivity index (χ1v) is 7.14. The molecule has 0 spiro atoms. The Morgan fingerprint density at radius 1 is 0.636 bits per heavy atom. The van der Waals surface area contributed by atoms with E-state index >= 15 is 0 Å². The van der Waals surface area contributed by atoms with Gasteiger partial charge in [-0.05, 0) is 18.2 Å². The van der Waals surface area contributed by atoms with Crippen LogP contribution in [0.3, 0.4) is 0 Å². The second-order valence-corrected chi connectivity index (χ2v) is 5.02. The van der Waals surface area contributed by atoms with Crippen LogP contribution in [0.15, 0.2) is 79.1 Å². The lowest BCUT2D eigenvalue weighted by molar-refractivity contribution is 1.21. The molecule has 0 unspecified atom stereocenters. The van der Waals surface area contributed by atoms with Gasteiger partial charge in [0.15, 0.2) is 5.82 Å². The minimum atomic E-state index is 0.700. The van der Waals surface area contributed by atoms with Gasteiger partial charge in [-0.15, -0.1) is 0 Å². The van der Waals surface area contributed by atoms with Crippen molar-refractivity contribution in [2.75, 3.05) is 0 Å². The number of aromatic nitrogens is 3. The van der Waals surface area contributed by atoms with Gasteiger partial charge in [0.2, 0.25) is 0 Å². The van der Waals surface area contributed by atoms with Crippen LogP contribution in [0.1, 0.15) is 0 Å². The summed E-state index contributed by atoms with van der Waals surface area (Å²) in [7, 11) is 0. The molecule has 2 aromatic heterocycles. The fraction of sp³-hybridized carbons (Fsp3) is 0. The van der Waals surface area contributed by atoms with E-state index in [1.807, 2.05) is 48.5 Å². The summed E-state index contributed by atoms with van der Waals surface area (Å²) in [6.07, 6.45) is 3.54. The Morgan fingerprint density at radius 2 is 1.41 bits per heavy atom. The molecule has 22 heavy (non-hydrogen) atoms. The van der Waals surface area contributed by atoms with Gasteiger partial charge >= 0.3 is 0 Å². The number of fused-ring (bicyclic) bond motifs is 1. The average molecular weight is 283 g/mol. The molecule has 4 rings (SSSR count). The van der Waals surface area contributed by atoms with Crippen LogP contribution < -0.4 is 0 Å². The van der Waals surface area contributed by atoms with Crippen LogP contribution in [0.5, 0.6) is 0 Å². The molecule has 0 N–H and O–H groups in total. The summed E-state index contributed by atoms with van der Waals surface area (Å²) in [5.74, 6) is 0.700. The highest BCUT2D eigenvalue weighted by Gasteiger charge is 2.10. The SMILES string of the molecule is c1ccc(-c2nc(-c3cccnc3)nc3ccccc23)cc1.